The summed E-state index contributed by atoms with van der Waals surface area (Å²) in [4.78, 5) is 0. The zero-order valence-electron chi connectivity index (χ0n) is 17.7. The predicted octanol–water partition coefficient (Wildman–Crippen LogP) is 5.83. The lowest BCUT2D eigenvalue weighted by Gasteiger charge is -2.16. The van der Waals surface area contributed by atoms with Gasteiger partial charge in [-0.3, -0.25) is 0 Å². The molecule has 0 aliphatic carbocycles. The van der Waals surface area contributed by atoms with E-state index in [0.29, 0.717) is 23.7 Å². The molecule has 3 rings (SSSR count). The van der Waals surface area contributed by atoms with Crippen LogP contribution in [0, 0.1) is 0 Å². The molecule has 3 N–H and O–H groups in total. The molecule has 0 bridgehead atoms. The van der Waals surface area contributed by atoms with Crippen LogP contribution in [0.15, 0.2) is 66.2 Å². The van der Waals surface area contributed by atoms with E-state index in [1.54, 1.807) is 32.4 Å². The Morgan fingerprint density at radius 3 is 1.93 bits per heavy atom. The molecule has 30 heavy (non-hydrogen) atoms. The first-order valence-electron chi connectivity index (χ1n) is 9.69. The highest BCUT2D eigenvalue weighted by molar-refractivity contribution is 5.82. The smallest absolute Gasteiger partial charge is 0.139 e. The summed E-state index contributed by atoms with van der Waals surface area (Å²) in [6, 6.07) is 16.2. The first-order valence-corrected chi connectivity index (χ1v) is 9.69. The quantitative estimate of drug-likeness (QED) is 0.341. The van der Waals surface area contributed by atoms with Crippen molar-refractivity contribution in [2.75, 3.05) is 26.1 Å². The van der Waals surface area contributed by atoms with Crippen LogP contribution in [0.25, 0.3) is 22.3 Å². The van der Waals surface area contributed by atoms with Crippen molar-refractivity contribution >= 4 is 5.69 Å². The molecule has 0 amide bonds. The normalized spacial score (nSPS) is 10.4. The lowest BCUT2D eigenvalue weighted by atomic mass is 9.97. The number of allylic oxidation sites excluding steroid dienone is 1. The molecule has 0 aliphatic rings. The van der Waals surface area contributed by atoms with Gasteiger partial charge >= 0.3 is 0 Å². The topological polar surface area (TPSA) is 71.0 Å². The summed E-state index contributed by atoms with van der Waals surface area (Å²) in [5.74, 6) is 1.69. The molecule has 0 aliphatic heterocycles. The van der Waals surface area contributed by atoms with Gasteiger partial charge in [0.05, 0.1) is 19.9 Å². The fourth-order valence-corrected chi connectivity index (χ4v) is 3.20. The van der Waals surface area contributed by atoms with Gasteiger partial charge in [0, 0.05) is 17.7 Å². The van der Waals surface area contributed by atoms with E-state index in [1.165, 1.54) is 5.57 Å². The zero-order valence-corrected chi connectivity index (χ0v) is 17.7. The number of rotatable bonds is 7. The number of ether oxygens (including phenoxy) is 2. The van der Waals surface area contributed by atoms with Crippen molar-refractivity contribution < 1.29 is 19.7 Å². The fourth-order valence-electron chi connectivity index (χ4n) is 3.20. The Morgan fingerprint density at radius 1 is 0.833 bits per heavy atom. The highest BCUT2D eigenvalue weighted by Gasteiger charge is 2.15. The summed E-state index contributed by atoms with van der Waals surface area (Å²) in [6.07, 6.45) is 2.06. The second-order valence-electron chi connectivity index (χ2n) is 7.19. The molecular weight excluding hydrogens is 378 g/mol. The van der Waals surface area contributed by atoms with Gasteiger partial charge < -0.3 is 25.0 Å². The second kappa shape index (κ2) is 9.27. The lowest BCUT2D eigenvalue weighted by Crippen LogP contribution is -1.99. The van der Waals surface area contributed by atoms with Gasteiger partial charge in [0.1, 0.15) is 23.0 Å². The van der Waals surface area contributed by atoms with Crippen molar-refractivity contribution in [1.82, 2.24) is 0 Å². The summed E-state index contributed by atoms with van der Waals surface area (Å²) in [5.41, 5.74) is 5.25. The summed E-state index contributed by atoms with van der Waals surface area (Å²) >= 11 is 0. The molecule has 0 aromatic heterocycles. The summed E-state index contributed by atoms with van der Waals surface area (Å²) in [6.45, 7) is 4.71. The third-order valence-electron chi connectivity index (χ3n) is 4.81. The third kappa shape index (κ3) is 4.69. The first kappa shape index (κ1) is 21.1. The number of hydrogen-bond acceptors (Lipinski definition) is 5. The Labute approximate surface area is 177 Å². The number of methoxy groups -OCH3 is 2. The number of benzene rings is 3. The van der Waals surface area contributed by atoms with Crippen LogP contribution in [0.5, 0.6) is 23.0 Å². The van der Waals surface area contributed by atoms with E-state index in [9.17, 15) is 10.2 Å². The average Bonchev–Trinajstić information content (AvgIpc) is 2.74. The average molecular weight is 405 g/mol. The van der Waals surface area contributed by atoms with Crippen LogP contribution < -0.4 is 14.8 Å². The Bertz CT molecular complexity index is 1050. The maximum absolute atomic E-state index is 10.5. The van der Waals surface area contributed by atoms with Crippen molar-refractivity contribution in [2.24, 2.45) is 0 Å². The molecule has 0 spiro atoms. The van der Waals surface area contributed by atoms with Crippen LogP contribution >= 0.6 is 0 Å². The Kier molecular flexibility index (Phi) is 6.52. The summed E-state index contributed by atoms with van der Waals surface area (Å²) in [5, 5.41) is 23.3. The Morgan fingerprint density at radius 2 is 1.40 bits per heavy atom. The molecule has 5 nitrogen and oxygen atoms in total. The van der Waals surface area contributed by atoms with E-state index in [-0.39, 0.29) is 11.5 Å². The van der Waals surface area contributed by atoms with E-state index in [4.69, 9.17) is 9.47 Å². The Hall–Kier alpha value is -3.60. The first-order chi connectivity index (χ1) is 14.4. The molecule has 3 aromatic rings. The van der Waals surface area contributed by atoms with Crippen molar-refractivity contribution in [3.63, 3.8) is 0 Å². The summed E-state index contributed by atoms with van der Waals surface area (Å²) in [7, 11) is 3.23. The van der Waals surface area contributed by atoms with E-state index in [2.05, 4.69) is 11.4 Å². The van der Waals surface area contributed by atoms with Gasteiger partial charge in [-0.2, -0.15) is 0 Å². The number of aromatic hydroxyl groups is 2. The molecule has 156 valence electrons. The molecular formula is C25H27NO4. The second-order valence-corrected chi connectivity index (χ2v) is 7.19. The minimum atomic E-state index is 0.165. The van der Waals surface area contributed by atoms with Crippen LogP contribution in [0.1, 0.15) is 13.8 Å². The van der Waals surface area contributed by atoms with Gasteiger partial charge in [0.25, 0.3) is 0 Å². The van der Waals surface area contributed by atoms with Crippen molar-refractivity contribution in [3.8, 4) is 45.3 Å². The van der Waals surface area contributed by atoms with E-state index < -0.39 is 0 Å². The van der Waals surface area contributed by atoms with E-state index >= 15 is 0 Å². The summed E-state index contributed by atoms with van der Waals surface area (Å²) < 4.78 is 11.3. The number of hydrogen-bond donors (Lipinski definition) is 3. The molecule has 0 radical (unpaired) electrons. The van der Waals surface area contributed by atoms with Gasteiger partial charge in [-0.05, 0) is 61.4 Å². The molecule has 3 aromatic carbocycles. The van der Waals surface area contributed by atoms with Crippen LogP contribution in [-0.4, -0.2) is 31.0 Å². The minimum Gasteiger partial charge on any atom is -0.508 e. The van der Waals surface area contributed by atoms with E-state index in [0.717, 1.165) is 22.3 Å². The maximum atomic E-state index is 10.5. The fraction of sp³-hybridized carbons (Fsp3) is 0.200. The standard InChI is InChI=1S/C25H27NO4/c1-16(2)11-12-26-22-10-7-18(13-23(22)28)21-15-24(29-3)20(14-25(21)30-4)17-5-8-19(27)9-6-17/h5-11,13-15,26-28H,12H2,1-4H3. The lowest BCUT2D eigenvalue weighted by molar-refractivity contribution is 0.406. The molecule has 5 heteroatoms. The molecule has 0 saturated heterocycles. The molecule has 0 heterocycles. The maximum Gasteiger partial charge on any atom is 0.139 e. The zero-order chi connectivity index (χ0) is 21.7. The predicted molar refractivity (Wildman–Crippen MR) is 122 cm³/mol. The van der Waals surface area contributed by atoms with Crippen molar-refractivity contribution in [2.45, 2.75) is 13.8 Å². The van der Waals surface area contributed by atoms with Gasteiger partial charge in [0.2, 0.25) is 0 Å². The van der Waals surface area contributed by atoms with E-state index in [1.807, 2.05) is 50.2 Å². The van der Waals surface area contributed by atoms with Gasteiger partial charge in [-0.1, -0.05) is 29.8 Å². The molecule has 0 unspecified atom stereocenters. The SMILES string of the molecule is COc1cc(-c2ccc(NCC=C(C)C)c(O)c2)c(OC)cc1-c1ccc(O)cc1. The van der Waals surface area contributed by atoms with Crippen molar-refractivity contribution in [1.29, 1.82) is 0 Å². The number of anilines is 1. The van der Waals surface area contributed by atoms with Crippen LogP contribution in [-0.2, 0) is 0 Å². The number of nitrogens with one attached hydrogen (secondary N) is 1. The van der Waals surface area contributed by atoms with Crippen LogP contribution in [0.2, 0.25) is 0 Å². The minimum absolute atomic E-state index is 0.165. The van der Waals surface area contributed by atoms with Crippen molar-refractivity contribution in [3.05, 3.63) is 66.2 Å². The van der Waals surface area contributed by atoms with Crippen LogP contribution in [0.4, 0.5) is 5.69 Å². The Balaban J connectivity index is 2.00. The van der Waals surface area contributed by atoms with Gasteiger partial charge in [-0.15, -0.1) is 0 Å². The molecule has 0 atom stereocenters. The van der Waals surface area contributed by atoms with Gasteiger partial charge in [-0.25, -0.2) is 0 Å². The largest absolute Gasteiger partial charge is 0.508 e. The number of phenolic OH excluding ortho intramolecular Hbond substituents is 2. The molecule has 0 fully saturated rings. The number of phenols is 2. The monoisotopic (exact) mass is 405 g/mol. The van der Waals surface area contributed by atoms with Crippen LogP contribution in [0.3, 0.4) is 0 Å². The highest BCUT2D eigenvalue weighted by atomic mass is 16.5. The third-order valence-corrected chi connectivity index (χ3v) is 4.81. The highest BCUT2D eigenvalue weighted by Crippen LogP contribution is 2.42. The van der Waals surface area contributed by atoms with Gasteiger partial charge in [0.15, 0.2) is 0 Å². The molecule has 0 saturated carbocycles.